The lowest BCUT2D eigenvalue weighted by molar-refractivity contribution is -0.140. The fourth-order valence-electron chi connectivity index (χ4n) is 2.09. The van der Waals surface area contributed by atoms with Gasteiger partial charge in [0.1, 0.15) is 6.04 Å². The van der Waals surface area contributed by atoms with Gasteiger partial charge < -0.3 is 5.32 Å². The van der Waals surface area contributed by atoms with E-state index in [0.717, 1.165) is 17.0 Å². The number of amides is 2. The molecule has 1 fully saturated rings. The van der Waals surface area contributed by atoms with Crippen LogP contribution in [0.1, 0.15) is 37.3 Å². The molecule has 0 radical (unpaired) electrons. The van der Waals surface area contributed by atoms with Crippen LogP contribution in [0.25, 0.3) is 0 Å². The summed E-state index contributed by atoms with van der Waals surface area (Å²) in [6.45, 7) is 7.80. The first-order valence-electron chi connectivity index (χ1n) is 6.50. The highest BCUT2D eigenvalue weighted by atomic mass is 32.1. The summed E-state index contributed by atoms with van der Waals surface area (Å²) >= 11 is 1.52. The highest BCUT2D eigenvalue weighted by Crippen LogP contribution is 2.25. The quantitative estimate of drug-likeness (QED) is 0.859. The third-order valence-electron chi connectivity index (χ3n) is 3.54. The molecule has 0 aliphatic carbocycles. The van der Waals surface area contributed by atoms with Gasteiger partial charge in [-0.25, -0.2) is 4.98 Å². The second kappa shape index (κ2) is 5.28. The number of anilines is 1. The SMILES string of the molecule is CCC(C)N1C(=O)CC(Nc2nc(C)c(C)s2)C1=O. The Labute approximate surface area is 117 Å². The Bertz CT molecular complexity index is 492. The van der Waals surface area contributed by atoms with Crippen LogP contribution < -0.4 is 5.32 Å². The molecule has 2 atom stereocenters. The predicted molar refractivity (Wildman–Crippen MR) is 75.2 cm³/mol. The fraction of sp³-hybridized carbons (Fsp3) is 0.615. The average Bonchev–Trinajstić information content (AvgIpc) is 2.80. The molecule has 1 N–H and O–H groups in total. The fourth-order valence-corrected chi connectivity index (χ4v) is 2.96. The first kappa shape index (κ1) is 14.0. The summed E-state index contributed by atoms with van der Waals surface area (Å²) < 4.78 is 0. The Hall–Kier alpha value is -1.43. The smallest absolute Gasteiger partial charge is 0.252 e. The Morgan fingerprint density at radius 1 is 1.47 bits per heavy atom. The number of hydrogen-bond acceptors (Lipinski definition) is 5. The van der Waals surface area contributed by atoms with E-state index < -0.39 is 6.04 Å². The third kappa shape index (κ3) is 2.63. The highest BCUT2D eigenvalue weighted by Gasteiger charge is 2.40. The molecule has 0 saturated carbocycles. The van der Waals surface area contributed by atoms with Crippen molar-refractivity contribution in [2.45, 2.75) is 52.6 Å². The highest BCUT2D eigenvalue weighted by molar-refractivity contribution is 7.15. The molecule has 1 aromatic rings. The van der Waals surface area contributed by atoms with Gasteiger partial charge in [0.05, 0.1) is 12.1 Å². The number of carbonyl (C=O) groups excluding carboxylic acids is 2. The maximum Gasteiger partial charge on any atom is 0.252 e. The molecular weight excluding hydrogens is 262 g/mol. The van der Waals surface area contributed by atoms with Crippen LogP contribution in [0.4, 0.5) is 5.13 Å². The molecule has 2 amide bonds. The Morgan fingerprint density at radius 2 is 2.16 bits per heavy atom. The molecule has 104 valence electrons. The van der Waals surface area contributed by atoms with Crippen molar-refractivity contribution in [2.24, 2.45) is 0 Å². The molecule has 2 rings (SSSR count). The zero-order valence-corrected chi connectivity index (χ0v) is 12.5. The van der Waals surface area contributed by atoms with E-state index in [2.05, 4.69) is 10.3 Å². The zero-order chi connectivity index (χ0) is 14.2. The molecule has 6 heteroatoms. The van der Waals surface area contributed by atoms with E-state index in [1.807, 2.05) is 27.7 Å². The molecule has 19 heavy (non-hydrogen) atoms. The van der Waals surface area contributed by atoms with Crippen LogP contribution in [0, 0.1) is 13.8 Å². The van der Waals surface area contributed by atoms with Crippen molar-refractivity contribution in [2.75, 3.05) is 5.32 Å². The Morgan fingerprint density at radius 3 is 2.68 bits per heavy atom. The number of likely N-dealkylation sites (tertiary alicyclic amines) is 1. The van der Waals surface area contributed by atoms with Gasteiger partial charge in [-0.15, -0.1) is 11.3 Å². The molecule has 2 unspecified atom stereocenters. The maximum absolute atomic E-state index is 12.2. The standard InChI is InChI=1S/C13H19N3O2S/c1-5-7(2)16-11(17)6-10(12(16)18)15-13-14-8(3)9(4)19-13/h7,10H,5-6H2,1-4H3,(H,14,15). The van der Waals surface area contributed by atoms with Gasteiger partial charge in [-0.2, -0.15) is 0 Å². The molecule has 0 spiro atoms. The van der Waals surface area contributed by atoms with Crippen LogP contribution in [0.2, 0.25) is 0 Å². The van der Waals surface area contributed by atoms with Gasteiger partial charge in [0, 0.05) is 10.9 Å². The lowest BCUT2D eigenvalue weighted by Crippen LogP contribution is -2.40. The molecule has 5 nitrogen and oxygen atoms in total. The minimum Gasteiger partial charge on any atom is -0.349 e. The maximum atomic E-state index is 12.2. The summed E-state index contributed by atoms with van der Waals surface area (Å²) in [5, 5.41) is 3.80. The van der Waals surface area contributed by atoms with Gasteiger partial charge in [-0.1, -0.05) is 6.92 Å². The van der Waals surface area contributed by atoms with Gasteiger partial charge in [0.2, 0.25) is 5.91 Å². The van der Waals surface area contributed by atoms with Crippen LogP contribution in [-0.2, 0) is 9.59 Å². The number of carbonyl (C=O) groups is 2. The van der Waals surface area contributed by atoms with Crippen molar-refractivity contribution in [3.8, 4) is 0 Å². The largest absolute Gasteiger partial charge is 0.349 e. The number of hydrogen-bond donors (Lipinski definition) is 1. The molecule has 2 heterocycles. The summed E-state index contributed by atoms with van der Waals surface area (Å²) in [5.41, 5.74) is 0.961. The molecule has 1 aliphatic heterocycles. The Balaban J connectivity index is 2.11. The van der Waals surface area contributed by atoms with Crippen molar-refractivity contribution in [3.63, 3.8) is 0 Å². The van der Waals surface area contributed by atoms with Gasteiger partial charge in [0.25, 0.3) is 5.91 Å². The molecule has 1 aromatic heterocycles. The summed E-state index contributed by atoms with van der Waals surface area (Å²) in [7, 11) is 0. The van der Waals surface area contributed by atoms with Crippen LogP contribution in [-0.4, -0.2) is 33.8 Å². The number of rotatable bonds is 4. The van der Waals surface area contributed by atoms with Crippen molar-refractivity contribution in [1.29, 1.82) is 0 Å². The second-order valence-corrected chi connectivity index (χ2v) is 6.12. The summed E-state index contributed by atoms with van der Waals surface area (Å²) in [6.07, 6.45) is 1.00. The topological polar surface area (TPSA) is 62.3 Å². The lowest BCUT2D eigenvalue weighted by Gasteiger charge is -2.21. The first-order valence-corrected chi connectivity index (χ1v) is 7.32. The number of nitrogens with one attached hydrogen (secondary N) is 1. The van der Waals surface area contributed by atoms with E-state index in [0.29, 0.717) is 5.13 Å². The van der Waals surface area contributed by atoms with Crippen LogP contribution >= 0.6 is 11.3 Å². The number of aromatic nitrogens is 1. The van der Waals surface area contributed by atoms with Gasteiger partial charge >= 0.3 is 0 Å². The number of nitrogens with zero attached hydrogens (tertiary/aromatic N) is 2. The molecule has 0 bridgehead atoms. The summed E-state index contributed by atoms with van der Waals surface area (Å²) in [4.78, 5) is 31.0. The van der Waals surface area contributed by atoms with E-state index >= 15 is 0 Å². The molecule has 0 aromatic carbocycles. The summed E-state index contributed by atoms with van der Waals surface area (Å²) in [6, 6.07) is -0.502. The molecule has 1 aliphatic rings. The molecular formula is C13H19N3O2S. The van der Waals surface area contributed by atoms with Crippen LogP contribution in [0.3, 0.4) is 0 Å². The summed E-state index contributed by atoms with van der Waals surface area (Å²) in [5.74, 6) is -0.230. The second-order valence-electron chi connectivity index (χ2n) is 4.92. The Kier molecular flexibility index (Phi) is 3.89. The van der Waals surface area contributed by atoms with Gasteiger partial charge in [-0.3, -0.25) is 14.5 Å². The average molecular weight is 281 g/mol. The van der Waals surface area contributed by atoms with Crippen molar-refractivity contribution >= 4 is 28.3 Å². The minimum absolute atomic E-state index is 0.0356. The van der Waals surface area contributed by atoms with E-state index in [9.17, 15) is 9.59 Å². The monoisotopic (exact) mass is 281 g/mol. The normalized spacial score (nSPS) is 21.1. The van der Waals surface area contributed by atoms with E-state index in [-0.39, 0.29) is 24.3 Å². The zero-order valence-electron chi connectivity index (χ0n) is 11.7. The van der Waals surface area contributed by atoms with Crippen molar-refractivity contribution in [3.05, 3.63) is 10.6 Å². The number of thiazole rings is 1. The van der Waals surface area contributed by atoms with Crippen molar-refractivity contribution in [1.82, 2.24) is 9.88 Å². The van der Waals surface area contributed by atoms with Crippen LogP contribution in [0.5, 0.6) is 0 Å². The lowest BCUT2D eigenvalue weighted by atomic mass is 10.2. The van der Waals surface area contributed by atoms with E-state index in [1.165, 1.54) is 16.2 Å². The van der Waals surface area contributed by atoms with E-state index in [4.69, 9.17) is 0 Å². The number of aryl methyl sites for hydroxylation is 2. The molecule has 1 saturated heterocycles. The van der Waals surface area contributed by atoms with Crippen molar-refractivity contribution < 1.29 is 9.59 Å². The van der Waals surface area contributed by atoms with E-state index in [1.54, 1.807) is 0 Å². The van der Waals surface area contributed by atoms with Crippen LogP contribution in [0.15, 0.2) is 0 Å². The predicted octanol–water partition coefficient (Wildman–Crippen LogP) is 2.10. The van der Waals surface area contributed by atoms with Gasteiger partial charge in [0.15, 0.2) is 5.13 Å². The third-order valence-corrected chi connectivity index (χ3v) is 4.54. The minimum atomic E-state index is -0.466. The number of imide groups is 1. The van der Waals surface area contributed by atoms with Gasteiger partial charge in [-0.05, 0) is 27.2 Å². The first-order chi connectivity index (χ1) is 8.93.